The van der Waals surface area contributed by atoms with Crippen molar-refractivity contribution < 1.29 is 14.3 Å². The zero-order chi connectivity index (χ0) is 16.1. The zero-order valence-corrected chi connectivity index (χ0v) is 12.8. The maximum atomic E-state index is 11.7. The molecule has 2 aromatic carbocycles. The Balaban J connectivity index is 2.07. The number of primary amides is 1. The van der Waals surface area contributed by atoms with Gasteiger partial charge in [0.2, 0.25) is 5.91 Å². The summed E-state index contributed by atoms with van der Waals surface area (Å²) in [7, 11) is 0. The summed E-state index contributed by atoms with van der Waals surface area (Å²) in [5, 5.41) is 3.09. The zero-order valence-electron chi connectivity index (χ0n) is 11.3. The van der Waals surface area contributed by atoms with Crippen LogP contribution >= 0.6 is 23.2 Å². The molecule has 2 rings (SSSR count). The van der Waals surface area contributed by atoms with Crippen molar-refractivity contribution in [2.24, 2.45) is 5.73 Å². The van der Waals surface area contributed by atoms with Crippen LogP contribution in [-0.4, -0.2) is 18.4 Å². The monoisotopic (exact) mass is 338 g/mol. The van der Waals surface area contributed by atoms with Gasteiger partial charge in [-0.1, -0.05) is 29.3 Å². The van der Waals surface area contributed by atoms with E-state index in [1.165, 1.54) is 0 Å². The number of halogens is 2. The van der Waals surface area contributed by atoms with Gasteiger partial charge >= 0.3 is 0 Å². The molecule has 0 aliphatic carbocycles. The molecule has 114 valence electrons. The van der Waals surface area contributed by atoms with Crippen LogP contribution in [0.1, 0.15) is 10.4 Å². The number of carbonyl (C=O) groups excluding carboxylic acids is 2. The van der Waals surface area contributed by atoms with Crippen LogP contribution in [0.15, 0.2) is 42.5 Å². The van der Waals surface area contributed by atoms with Gasteiger partial charge in [-0.25, -0.2) is 0 Å². The summed E-state index contributed by atoms with van der Waals surface area (Å²) < 4.78 is 5.60. The van der Waals surface area contributed by atoms with Crippen LogP contribution in [0.4, 0.5) is 0 Å². The van der Waals surface area contributed by atoms with E-state index in [-0.39, 0.29) is 6.54 Å². The van der Waals surface area contributed by atoms with Crippen LogP contribution in [0, 0.1) is 0 Å². The van der Waals surface area contributed by atoms with Gasteiger partial charge in [-0.3, -0.25) is 9.59 Å². The Hall–Kier alpha value is -2.24. The fraction of sp³-hybridized carbons (Fsp3) is 0.0667. The first kappa shape index (κ1) is 16.1. The Bertz CT molecular complexity index is 702. The third-order valence-electron chi connectivity index (χ3n) is 2.68. The Kier molecular flexibility index (Phi) is 5.25. The van der Waals surface area contributed by atoms with Crippen molar-refractivity contribution in [2.45, 2.75) is 0 Å². The molecule has 0 aliphatic rings. The summed E-state index contributed by atoms with van der Waals surface area (Å²) in [5.41, 5.74) is 5.34. The summed E-state index contributed by atoms with van der Waals surface area (Å²) in [6.45, 7) is -0.213. The fourth-order valence-electron chi connectivity index (χ4n) is 1.63. The molecule has 7 heteroatoms. The summed E-state index contributed by atoms with van der Waals surface area (Å²) in [5.74, 6) is -0.0919. The van der Waals surface area contributed by atoms with Gasteiger partial charge in [-0.05, 0) is 36.4 Å². The second-order valence-electron chi connectivity index (χ2n) is 4.33. The standard InChI is InChI=1S/C15H12Cl2N2O3/c16-11-2-1-3-12(14(11)17)22-10-6-4-9(5-7-10)15(21)19-8-13(18)20/h1-7H,8H2,(H2,18,20)(H,19,21). The molecule has 0 bridgehead atoms. The number of hydrogen-bond acceptors (Lipinski definition) is 3. The van der Waals surface area contributed by atoms with E-state index in [4.69, 9.17) is 33.7 Å². The van der Waals surface area contributed by atoms with Crippen LogP contribution in [0.2, 0.25) is 10.0 Å². The minimum Gasteiger partial charge on any atom is -0.456 e. The van der Waals surface area contributed by atoms with Crippen LogP contribution in [-0.2, 0) is 4.79 Å². The largest absolute Gasteiger partial charge is 0.456 e. The lowest BCUT2D eigenvalue weighted by atomic mass is 10.2. The summed E-state index contributed by atoms with van der Waals surface area (Å²) in [6, 6.07) is 11.4. The van der Waals surface area contributed by atoms with Gasteiger partial charge in [0.05, 0.1) is 11.6 Å². The molecule has 0 atom stereocenters. The molecule has 0 unspecified atom stereocenters. The third kappa shape index (κ3) is 4.13. The number of ether oxygens (including phenoxy) is 1. The number of amides is 2. The lowest BCUT2D eigenvalue weighted by Crippen LogP contribution is -2.33. The van der Waals surface area contributed by atoms with Crippen molar-refractivity contribution in [3.05, 3.63) is 58.1 Å². The maximum absolute atomic E-state index is 11.7. The highest BCUT2D eigenvalue weighted by Gasteiger charge is 2.09. The van der Waals surface area contributed by atoms with Crippen LogP contribution in [0.3, 0.4) is 0 Å². The maximum Gasteiger partial charge on any atom is 0.251 e. The lowest BCUT2D eigenvalue weighted by Gasteiger charge is -2.09. The fourth-order valence-corrected chi connectivity index (χ4v) is 1.96. The second kappa shape index (κ2) is 7.15. The molecule has 3 N–H and O–H groups in total. The predicted octanol–water partition coefficient (Wildman–Crippen LogP) is 3.00. The Morgan fingerprint density at radius 1 is 1.09 bits per heavy atom. The number of carbonyl (C=O) groups is 2. The van der Waals surface area contributed by atoms with Gasteiger partial charge in [-0.15, -0.1) is 0 Å². The third-order valence-corrected chi connectivity index (χ3v) is 3.49. The van der Waals surface area contributed by atoms with Gasteiger partial charge < -0.3 is 15.8 Å². The molecule has 0 saturated carbocycles. The predicted molar refractivity (Wildman–Crippen MR) is 84.5 cm³/mol. The van der Waals surface area contributed by atoms with Crippen LogP contribution < -0.4 is 15.8 Å². The molecule has 5 nitrogen and oxygen atoms in total. The molecule has 0 saturated heterocycles. The molecule has 2 amide bonds. The van der Waals surface area contributed by atoms with Gasteiger partial charge in [0.15, 0.2) is 0 Å². The number of nitrogens with one attached hydrogen (secondary N) is 1. The molecule has 0 fully saturated rings. The molecular weight excluding hydrogens is 327 g/mol. The van der Waals surface area contributed by atoms with Gasteiger partial charge in [0.1, 0.15) is 16.5 Å². The van der Waals surface area contributed by atoms with E-state index >= 15 is 0 Å². The van der Waals surface area contributed by atoms with Crippen LogP contribution in [0.25, 0.3) is 0 Å². The van der Waals surface area contributed by atoms with E-state index < -0.39 is 11.8 Å². The topological polar surface area (TPSA) is 81.4 Å². The van der Waals surface area contributed by atoms with Gasteiger partial charge in [-0.2, -0.15) is 0 Å². The van der Waals surface area contributed by atoms with E-state index in [1.807, 2.05) is 0 Å². The van der Waals surface area contributed by atoms with Crippen molar-refractivity contribution in [1.29, 1.82) is 0 Å². The SMILES string of the molecule is NC(=O)CNC(=O)c1ccc(Oc2cccc(Cl)c2Cl)cc1. The average Bonchev–Trinajstić information content (AvgIpc) is 2.50. The molecule has 2 aromatic rings. The second-order valence-corrected chi connectivity index (χ2v) is 5.11. The Morgan fingerprint density at radius 3 is 2.41 bits per heavy atom. The highest BCUT2D eigenvalue weighted by Crippen LogP contribution is 2.34. The van der Waals surface area contributed by atoms with E-state index in [9.17, 15) is 9.59 Å². The molecule has 0 heterocycles. The smallest absolute Gasteiger partial charge is 0.251 e. The molecular formula is C15H12Cl2N2O3. The number of benzene rings is 2. The summed E-state index contributed by atoms with van der Waals surface area (Å²) >= 11 is 11.9. The van der Waals surface area contributed by atoms with E-state index in [2.05, 4.69) is 5.32 Å². The van der Waals surface area contributed by atoms with Gasteiger partial charge in [0, 0.05) is 5.56 Å². The highest BCUT2D eigenvalue weighted by molar-refractivity contribution is 6.42. The first-order chi connectivity index (χ1) is 10.5. The summed E-state index contributed by atoms with van der Waals surface area (Å²) in [4.78, 5) is 22.3. The van der Waals surface area contributed by atoms with Crippen molar-refractivity contribution in [2.75, 3.05) is 6.54 Å². The van der Waals surface area contributed by atoms with E-state index in [0.717, 1.165) is 0 Å². The minimum atomic E-state index is -0.607. The van der Waals surface area contributed by atoms with E-state index in [1.54, 1.807) is 42.5 Å². The molecule has 22 heavy (non-hydrogen) atoms. The lowest BCUT2D eigenvalue weighted by molar-refractivity contribution is -0.117. The summed E-state index contributed by atoms with van der Waals surface area (Å²) in [6.07, 6.45) is 0. The number of nitrogens with two attached hydrogens (primary N) is 1. The van der Waals surface area contributed by atoms with Crippen molar-refractivity contribution >= 4 is 35.0 Å². The average molecular weight is 339 g/mol. The first-order valence-corrected chi connectivity index (χ1v) is 7.01. The molecule has 0 spiro atoms. The Labute approximate surface area is 137 Å². The number of rotatable bonds is 5. The first-order valence-electron chi connectivity index (χ1n) is 6.26. The molecule has 0 radical (unpaired) electrons. The Morgan fingerprint density at radius 2 is 1.77 bits per heavy atom. The van der Waals surface area contributed by atoms with Crippen LogP contribution in [0.5, 0.6) is 11.5 Å². The molecule has 0 aromatic heterocycles. The number of hydrogen-bond donors (Lipinski definition) is 2. The van der Waals surface area contributed by atoms with Gasteiger partial charge in [0.25, 0.3) is 5.91 Å². The van der Waals surface area contributed by atoms with E-state index in [0.29, 0.717) is 27.1 Å². The normalized spacial score (nSPS) is 10.1. The van der Waals surface area contributed by atoms with Crippen molar-refractivity contribution in [3.63, 3.8) is 0 Å². The minimum absolute atomic E-state index is 0.213. The van der Waals surface area contributed by atoms with Crippen molar-refractivity contribution in [3.8, 4) is 11.5 Å². The highest BCUT2D eigenvalue weighted by atomic mass is 35.5. The quantitative estimate of drug-likeness (QED) is 0.879. The molecule has 0 aliphatic heterocycles. The van der Waals surface area contributed by atoms with Crippen molar-refractivity contribution in [1.82, 2.24) is 5.32 Å².